The van der Waals surface area contributed by atoms with Crippen LogP contribution in [-0.2, 0) is 11.3 Å². The lowest BCUT2D eigenvalue weighted by atomic mass is 10.3. The molecule has 7 nitrogen and oxygen atoms in total. The Morgan fingerprint density at radius 3 is 2.87 bits per heavy atom. The standard InChI is InChI=1S/C16H22N4O3/c1-19(11-15(21)12-23-2)16(22)17-8-13-9-18-20(10-13)14-6-4-3-5-7-14/h3-7,9-10,15,21H,8,11-12H2,1-2H3,(H,17,22)/t15-/m0/s1. The minimum Gasteiger partial charge on any atom is -0.389 e. The number of para-hydroxylation sites is 1. The van der Waals surface area contributed by atoms with Crippen LogP contribution in [0.2, 0.25) is 0 Å². The minimum atomic E-state index is -0.698. The van der Waals surface area contributed by atoms with Crippen LogP contribution in [0.4, 0.5) is 4.79 Å². The number of aliphatic hydroxyl groups excluding tert-OH is 1. The maximum Gasteiger partial charge on any atom is 0.317 e. The highest BCUT2D eigenvalue weighted by Gasteiger charge is 2.13. The first-order valence-electron chi connectivity index (χ1n) is 7.35. The van der Waals surface area contributed by atoms with Crippen molar-refractivity contribution in [1.82, 2.24) is 20.0 Å². The Kier molecular flexibility index (Phi) is 6.13. The first-order valence-corrected chi connectivity index (χ1v) is 7.35. The van der Waals surface area contributed by atoms with Gasteiger partial charge in [0.2, 0.25) is 0 Å². The van der Waals surface area contributed by atoms with Gasteiger partial charge >= 0.3 is 6.03 Å². The van der Waals surface area contributed by atoms with E-state index in [9.17, 15) is 9.90 Å². The van der Waals surface area contributed by atoms with Crippen molar-refractivity contribution in [3.05, 3.63) is 48.3 Å². The number of aliphatic hydroxyl groups is 1. The molecule has 1 aromatic heterocycles. The first-order chi connectivity index (χ1) is 11.1. The molecule has 2 aromatic rings. The van der Waals surface area contributed by atoms with Crippen molar-refractivity contribution < 1.29 is 14.6 Å². The number of carbonyl (C=O) groups excluding carboxylic acids is 1. The second kappa shape index (κ2) is 8.30. The summed E-state index contributed by atoms with van der Waals surface area (Å²) in [7, 11) is 3.13. The summed E-state index contributed by atoms with van der Waals surface area (Å²) in [5, 5.41) is 16.7. The molecule has 0 bridgehead atoms. The molecule has 0 aliphatic heterocycles. The van der Waals surface area contributed by atoms with Gasteiger partial charge in [-0.1, -0.05) is 18.2 Å². The fraction of sp³-hybridized carbons (Fsp3) is 0.375. The van der Waals surface area contributed by atoms with E-state index in [1.54, 1.807) is 17.9 Å². The highest BCUT2D eigenvalue weighted by atomic mass is 16.5. The maximum absolute atomic E-state index is 12.0. The SMILES string of the molecule is COC[C@@H](O)CN(C)C(=O)NCc1cnn(-c2ccccc2)c1. The third-order valence-corrected chi connectivity index (χ3v) is 3.29. The van der Waals surface area contributed by atoms with Gasteiger partial charge in [0, 0.05) is 32.5 Å². The van der Waals surface area contributed by atoms with E-state index < -0.39 is 6.10 Å². The molecule has 124 valence electrons. The summed E-state index contributed by atoms with van der Waals surface area (Å²) < 4.78 is 6.60. The number of aromatic nitrogens is 2. The zero-order valence-electron chi connectivity index (χ0n) is 13.3. The van der Waals surface area contributed by atoms with E-state index in [0.717, 1.165) is 11.3 Å². The Morgan fingerprint density at radius 2 is 2.17 bits per heavy atom. The van der Waals surface area contributed by atoms with Crippen LogP contribution in [0.25, 0.3) is 5.69 Å². The van der Waals surface area contributed by atoms with Gasteiger partial charge in [0.25, 0.3) is 0 Å². The third kappa shape index (κ3) is 5.08. The number of rotatable bonds is 7. The molecule has 1 aromatic carbocycles. The lowest BCUT2D eigenvalue weighted by molar-refractivity contribution is 0.0489. The van der Waals surface area contributed by atoms with Crippen molar-refractivity contribution >= 4 is 6.03 Å². The van der Waals surface area contributed by atoms with Crippen molar-refractivity contribution in [3.63, 3.8) is 0 Å². The van der Waals surface area contributed by atoms with E-state index in [1.807, 2.05) is 36.5 Å². The Balaban J connectivity index is 1.84. The van der Waals surface area contributed by atoms with Gasteiger partial charge in [0.05, 0.1) is 31.1 Å². The number of hydrogen-bond donors (Lipinski definition) is 2. The largest absolute Gasteiger partial charge is 0.389 e. The normalized spacial score (nSPS) is 12.0. The Bertz CT molecular complexity index is 615. The third-order valence-electron chi connectivity index (χ3n) is 3.29. The van der Waals surface area contributed by atoms with Crippen molar-refractivity contribution in [2.24, 2.45) is 0 Å². The Morgan fingerprint density at radius 1 is 1.43 bits per heavy atom. The Hall–Kier alpha value is -2.38. The van der Waals surface area contributed by atoms with Gasteiger partial charge in [0.15, 0.2) is 0 Å². The quantitative estimate of drug-likeness (QED) is 0.799. The summed E-state index contributed by atoms with van der Waals surface area (Å²) in [4.78, 5) is 13.4. The predicted octanol–water partition coefficient (Wildman–Crippen LogP) is 1.02. The van der Waals surface area contributed by atoms with Crippen LogP contribution < -0.4 is 5.32 Å². The van der Waals surface area contributed by atoms with Crippen LogP contribution in [0.5, 0.6) is 0 Å². The number of nitrogens with zero attached hydrogens (tertiary/aromatic N) is 3. The molecule has 2 rings (SSSR count). The van der Waals surface area contributed by atoms with Crippen molar-refractivity contribution in [3.8, 4) is 5.69 Å². The number of ether oxygens (including phenoxy) is 1. The first kappa shape index (κ1) is 17.0. The van der Waals surface area contributed by atoms with Crippen molar-refractivity contribution in [2.75, 3.05) is 27.3 Å². The van der Waals surface area contributed by atoms with E-state index in [1.165, 1.54) is 12.0 Å². The molecule has 0 radical (unpaired) electrons. The van der Waals surface area contributed by atoms with E-state index in [-0.39, 0.29) is 19.2 Å². The molecular weight excluding hydrogens is 296 g/mol. The van der Waals surface area contributed by atoms with E-state index in [4.69, 9.17) is 4.74 Å². The van der Waals surface area contributed by atoms with Gasteiger partial charge in [-0.05, 0) is 12.1 Å². The second-order valence-electron chi connectivity index (χ2n) is 5.28. The summed E-state index contributed by atoms with van der Waals surface area (Å²) in [5.41, 5.74) is 1.86. The van der Waals surface area contributed by atoms with Crippen molar-refractivity contribution in [2.45, 2.75) is 12.6 Å². The highest BCUT2D eigenvalue weighted by molar-refractivity contribution is 5.73. The second-order valence-corrected chi connectivity index (χ2v) is 5.28. The molecule has 0 aliphatic carbocycles. The van der Waals surface area contributed by atoms with Crippen LogP contribution in [0, 0.1) is 0 Å². The van der Waals surface area contributed by atoms with Crippen LogP contribution in [0.3, 0.4) is 0 Å². The molecule has 0 aliphatic rings. The van der Waals surface area contributed by atoms with Gasteiger partial charge in [-0.2, -0.15) is 5.10 Å². The molecule has 2 N–H and O–H groups in total. The summed E-state index contributed by atoms with van der Waals surface area (Å²) >= 11 is 0. The average molecular weight is 318 g/mol. The molecular formula is C16H22N4O3. The maximum atomic E-state index is 12.0. The topological polar surface area (TPSA) is 79.6 Å². The molecule has 0 saturated carbocycles. The minimum absolute atomic E-state index is 0.196. The summed E-state index contributed by atoms with van der Waals surface area (Å²) in [5.74, 6) is 0. The van der Waals surface area contributed by atoms with Gasteiger partial charge < -0.3 is 20.1 Å². The molecule has 2 amide bonds. The van der Waals surface area contributed by atoms with Crippen LogP contribution in [0.1, 0.15) is 5.56 Å². The molecule has 23 heavy (non-hydrogen) atoms. The molecule has 7 heteroatoms. The summed E-state index contributed by atoms with van der Waals surface area (Å²) in [6.07, 6.45) is 2.89. The predicted molar refractivity (Wildman–Crippen MR) is 86.3 cm³/mol. The zero-order valence-corrected chi connectivity index (χ0v) is 13.3. The molecule has 0 spiro atoms. The number of nitrogens with one attached hydrogen (secondary N) is 1. The number of urea groups is 1. The molecule has 0 unspecified atom stereocenters. The highest BCUT2D eigenvalue weighted by Crippen LogP contribution is 2.07. The number of amides is 2. The molecule has 1 atom stereocenters. The monoisotopic (exact) mass is 318 g/mol. The lowest BCUT2D eigenvalue weighted by Crippen LogP contribution is -2.42. The molecule has 0 fully saturated rings. The number of carbonyl (C=O) groups is 1. The molecule has 1 heterocycles. The lowest BCUT2D eigenvalue weighted by Gasteiger charge is -2.20. The van der Waals surface area contributed by atoms with Gasteiger partial charge in [-0.3, -0.25) is 0 Å². The number of benzene rings is 1. The Labute approximate surface area is 135 Å². The number of methoxy groups -OCH3 is 1. The smallest absolute Gasteiger partial charge is 0.317 e. The summed E-state index contributed by atoms with van der Waals surface area (Å²) in [6.45, 7) is 0.779. The average Bonchev–Trinajstić information content (AvgIpc) is 3.02. The van der Waals surface area contributed by atoms with Gasteiger partial charge in [-0.15, -0.1) is 0 Å². The van der Waals surface area contributed by atoms with Crippen LogP contribution >= 0.6 is 0 Å². The van der Waals surface area contributed by atoms with Crippen LogP contribution in [0.15, 0.2) is 42.7 Å². The van der Waals surface area contributed by atoms with E-state index >= 15 is 0 Å². The van der Waals surface area contributed by atoms with E-state index in [0.29, 0.717) is 6.54 Å². The van der Waals surface area contributed by atoms with Crippen LogP contribution in [-0.4, -0.2) is 59.2 Å². The summed E-state index contributed by atoms with van der Waals surface area (Å²) in [6, 6.07) is 9.49. The van der Waals surface area contributed by atoms with Gasteiger partial charge in [-0.25, -0.2) is 9.48 Å². The number of hydrogen-bond acceptors (Lipinski definition) is 4. The fourth-order valence-electron chi connectivity index (χ4n) is 2.13. The van der Waals surface area contributed by atoms with Crippen molar-refractivity contribution in [1.29, 1.82) is 0 Å². The number of likely N-dealkylation sites (N-methyl/N-ethyl adjacent to an activating group) is 1. The zero-order chi connectivity index (χ0) is 16.7. The van der Waals surface area contributed by atoms with Gasteiger partial charge in [0.1, 0.15) is 0 Å². The van der Waals surface area contributed by atoms with E-state index in [2.05, 4.69) is 10.4 Å². The molecule has 0 saturated heterocycles. The fourth-order valence-corrected chi connectivity index (χ4v) is 2.13.